The molecule has 0 spiro atoms. The average Bonchev–Trinajstić information content (AvgIpc) is 2.64. The summed E-state index contributed by atoms with van der Waals surface area (Å²) in [6.07, 6.45) is 11.2. The van der Waals surface area contributed by atoms with Crippen molar-refractivity contribution in [1.82, 2.24) is 0 Å². The number of carbonyl (C=O) groups is 1. The highest BCUT2D eigenvalue weighted by molar-refractivity contribution is 6.00. The third kappa shape index (κ3) is 7.92. The number of quaternary nitrogens is 1. The number of unbranched alkanes of at least 4 members (excludes halogenated alkanes) is 7. The summed E-state index contributed by atoms with van der Waals surface area (Å²) in [7, 11) is 9.52. The number of Topliss-reactive ketones (excluding diaryl/α,β-unsaturated/α-hetero) is 1. The SMILES string of the molecule is CCCCCCCCCC[C@@H](C(=O)c1ccc(OC)c(OC)c1)[N+](C)(C)C. The summed E-state index contributed by atoms with van der Waals surface area (Å²) in [6.45, 7) is 2.25. The van der Waals surface area contributed by atoms with E-state index in [0.717, 1.165) is 12.8 Å². The van der Waals surface area contributed by atoms with E-state index in [0.29, 0.717) is 21.5 Å². The van der Waals surface area contributed by atoms with Gasteiger partial charge < -0.3 is 14.0 Å². The van der Waals surface area contributed by atoms with Gasteiger partial charge in [0, 0.05) is 12.0 Å². The number of benzene rings is 1. The minimum absolute atomic E-state index is 0.0387. The Morgan fingerprint density at radius 1 is 0.889 bits per heavy atom. The molecule has 154 valence electrons. The predicted molar refractivity (Wildman–Crippen MR) is 113 cm³/mol. The third-order valence-corrected chi connectivity index (χ3v) is 5.24. The highest BCUT2D eigenvalue weighted by atomic mass is 16.5. The molecule has 0 radical (unpaired) electrons. The van der Waals surface area contributed by atoms with E-state index in [4.69, 9.17) is 9.47 Å². The van der Waals surface area contributed by atoms with Gasteiger partial charge in [0.25, 0.3) is 0 Å². The molecule has 0 unspecified atom stereocenters. The molecule has 4 heteroatoms. The number of rotatable bonds is 14. The fourth-order valence-corrected chi connectivity index (χ4v) is 3.52. The number of hydrogen-bond acceptors (Lipinski definition) is 3. The molecule has 0 saturated heterocycles. The van der Waals surface area contributed by atoms with Gasteiger partial charge in [0.2, 0.25) is 5.78 Å². The molecule has 1 aromatic carbocycles. The first-order valence-electron chi connectivity index (χ1n) is 10.4. The van der Waals surface area contributed by atoms with Gasteiger partial charge in [-0.15, -0.1) is 0 Å². The van der Waals surface area contributed by atoms with Crippen LogP contribution in [0.1, 0.15) is 75.1 Å². The maximum absolute atomic E-state index is 13.2. The molecule has 1 atom stereocenters. The number of ketones is 1. The Bertz CT molecular complexity index is 563. The van der Waals surface area contributed by atoms with Gasteiger partial charge in [0.1, 0.15) is 0 Å². The second kappa shape index (κ2) is 12.0. The summed E-state index contributed by atoms with van der Waals surface area (Å²) in [5, 5.41) is 0. The second-order valence-electron chi connectivity index (χ2n) is 8.33. The van der Waals surface area contributed by atoms with E-state index in [-0.39, 0.29) is 11.8 Å². The van der Waals surface area contributed by atoms with Crippen LogP contribution < -0.4 is 9.47 Å². The molecular weight excluding hydrogens is 338 g/mol. The molecule has 0 amide bonds. The summed E-state index contributed by atoms with van der Waals surface area (Å²) in [5.74, 6) is 1.45. The van der Waals surface area contributed by atoms with Crippen LogP contribution in [0.25, 0.3) is 0 Å². The van der Waals surface area contributed by atoms with Crippen molar-refractivity contribution < 1.29 is 18.8 Å². The molecule has 0 saturated carbocycles. The fraction of sp³-hybridized carbons (Fsp3) is 0.696. The number of ether oxygens (including phenoxy) is 2. The lowest BCUT2D eigenvalue weighted by atomic mass is 9.96. The number of nitrogens with zero attached hydrogens (tertiary/aromatic N) is 1. The number of likely N-dealkylation sites (N-methyl/N-ethyl adjacent to an activating group) is 1. The highest BCUT2D eigenvalue weighted by Crippen LogP contribution is 2.29. The first kappa shape index (κ1) is 23.5. The largest absolute Gasteiger partial charge is 0.493 e. The van der Waals surface area contributed by atoms with E-state index in [9.17, 15) is 4.79 Å². The van der Waals surface area contributed by atoms with Gasteiger partial charge in [-0.05, 0) is 24.6 Å². The van der Waals surface area contributed by atoms with Crippen LogP contribution in [0.5, 0.6) is 11.5 Å². The van der Waals surface area contributed by atoms with E-state index < -0.39 is 0 Å². The zero-order valence-electron chi connectivity index (χ0n) is 18.3. The Morgan fingerprint density at radius 3 is 1.96 bits per heavy atom. The van der Waals surface area contributed by atoms with Crippen molar-refractivity contribution in [2.75, 3.05) is 35.4 Å². The summed E-state index contributed by atoms with van der Waals surface area (Å²) in [5.41, 5.74) is 0.699. The molecule has 0 heterocycles. The van der Waals surface area contributed by atoms with E-state index in [1.165, 1.54) is 44.9 Å². The fourth-order valence-electron chi connectivity index (χ4n) is 3.52. The molecule has 0 aliphatic carbocycles. The lowest BCUT2D eigenvalue weighted by Crippen LogP contribution is -2.49. The van der Waals surface area contributed by atoms with Crippen LogP contribution in [-0.2, 0) is 0 Å². The van der Waals surface area contributed by atoms with Crippen LogP contribution in [0.4, 0.5) is 0 Å². The Morgan fingerprint density at radius 2 is 1.44 bits per heavy atom. The van der Waals surface area contributed by atoms with Crippen LogP contribution in [0, 0.1) is 0 Å². The summed E-state index contributed by atoms with van der Waals surface area (Å²) >= 11 is 0. The van der Waals surface area contributed by atoms with Crippen molar-refractivity contribution in [1.29, 1.82) is 0 Å². The Hall–Kier alpha value is -1.55. The van der Waals surface area contributed by atoms with E-state index in [1.807, 2.05) is 12.1 Å². The second-order valence-corrected chi connectivity index (χ2v) is 8.33. The van der Waals surface area contributed by atoms with Gasteiger partial charge in [-0.1, -0.05) is 51.9 Å². The molecule has 4 nitrogen and oxygen atoms in total. The summed E-state index contributed by atoms with van der Waals surface area (Å²) in [6, 6.07) is 5.43. The maximum Gasteiger partial charge on any atom is 0.220 e. The van der Waals surface area contributed by atoms with Gasteiger partial charge in [-0.25, -0.2) is 0 Å². The van der Waals surface area contributed by atoms with Crippen LogP contribution in [0.2, 0.25) is 0 Å². The molecule has 0 aromatic heterocycles. The molecular formula is C23H40NO3+. The van der Waals surface area contributed by atoms with Gasteiger partial charge >= 0.3 is 0 Å². The van der Waals surface area contributed by atoms with Crippen LogP contribution in [0.3, 0.4) is 0 Å². The smallest absolute Gasteiger partial charge is 0.220 e. The van der Waals surface area contributed by atoms with Gasteiger partial charge in [-0.3, -0.25) is 4.79 Å². The Labute approximate surface area is 166 Å². The van der Waals surface area contributed by atoms with Crippen molar-refractivity contribution in [3.8, 4) is 11.5 Å². The lowest BCUT2D eigenvalue weighted by molar-refractivity contribution is -0.886. The molecule has 1 aromatic rings. The number of methoxy groups -OCH3 is 2. The molecule has 0 bridgehead atoms. The lowest BCUT2D eigenvalue weighted by Gasteiger charge is -2.33. The molecule has 0 aliphatic rings. The number of carbonyl (C=O) groups excluding carboxylic acids is 1. The molecule has 0 aliphatic heterocycles. The molecule has 0 fully saturated rings. The van der Waals surface area contributed by atoms with Gasteiger partial charge in [0.15, 0.2) is 17.5 Å². The zero-order valence-corrected chi connectivity index (χ0v) is 18.3. The standard InChI is InChI=1S/C23H40NO3/c1-7-8-9-10-11-12-13-14-15-20(24(2,3)4)23(25)19-16-17-21(26-5)22(18-19)27-6/h16-18,20H,7-15H2,1-6H3/q+1/t20-/m0/s1. The molecule has 27 heavy (non-hydrogen) atoms. The van der Waals surface area contributed by atoms with Crippen LogP contribution in [-0.4, -0.2) is 51.7 Å². The van der Waals surface area contributed by atoms with Crippen molar-refractivity contribution >= 4 is 5.78 Å². The van der Waals surface area contributed by atoms with E-state index in [2.05, 4.69) is 28.1 Å². The van der Waals surface area contributed by atoms with Crippen molar-refractivity contribution in [3.05, 3.63) is 23.8 Å². The normalized spacial score (nSPS) is 12.7. The zero-order chi connectivity index (χ0) is 20.3. The van der Waals surface area contributed by atoms with E-state index in [1.54, 1.807) is 20.3 Å². The first-order chi connectivity index (χ1) is 12.8. The Balaban J connectivity index is 2.65. The summed E-state index contributed by atoms with van der Waals surface area (Å²) in [4.78, 5) is 13.2. The minimum Gasteiger partial charge on any atom is -0.493 e. The van der Waals surface area contributed by atoms with E-state index >= 15 is 0 Å². The van der Waals surface area contributed by atoms with Gasteiger partial charge in [0.05, 0.1) is 35.4 Å². The van der Waals surface area contributed by atoms with Crippen molar-refractivity contribution in [3.63, 3.8) is 0 Å². The highest BCUT2D eigenvalue weighted by Gasteiger charge is 2.32. The quantitative estimate of drug-likeness (QED) is 0.244. The van der Waals surface area contributed by atoms with Crippen molar-refractivity contribution in [2.24, 2.45) is 0 Å². The third-order valence-electron chi connectivity index (χ3n) is 5.24. The Kier molecular flexibility index (Phi) is 10.5. The topological polar surface area (TPSA) is 35.5 Å². The van der Waals surface area contributed by atoms with Gasteiger partial charge in [-0.2, -0.15) is 0 Å². The predicted octanol–water partition coefficient (Wildman–Crippen LogP) is 5.49. The minimum atomic E-state index is -0.0387. The van der Waals surface area contributed by atoms with Crippen LogP contribution >= 0.6 is 0 Å². The average molecular weight is 379 g/mol. The summed E-state index contributed by atoms with van der Waals surface area (Å²) < 4.78 is 11.3. The molecule has 1 rings (SSSR count). The molecule has 0 N–H and O–H groups in total. The monoisotopic (exact) mass is 378 g/mol. The first-order valence-corrected chi connectivity index (χ1v) is 10.4. The van der Waals surface area contributed by atoms with Crippen molar-refractivity contribution in [2.45, 2.75) is 70.8 Å². The maximum atomic E-state index is 13.2. The number of hydrogen-bond donors (Lipinski definition) is 0. The van der Waals surface area contributed by atoms with Crippen LogP contribution in [0.15, 0.2) is 18.2 Å².